The summed E-state index contributed by atoms with van der Waals surface area (Å²) >= 11 is 0. The number of benzene rings is 1. The molecule has 0 radical (unpaired) electrons. The standard InChI is InChI=1S/C12H14FN3O2S.ClH/c1-9-8-16(5-4-15-9)19(17,18)11-2-3-12(13)10(6-11)7-14;/h2-3,6,9,15H,4-5,8H2,1H3;1H/t9-;/m1./s1. The van der Waals surface area contributed by atoms with Gasteiger partial charge < -0.3 is 5.32 Å². The lowest BCUT2D eigenvalue weighted by Crippen LogP contribution is -2.51. The van der Waals surface area contributed by atoms with Crippen LogP contribution in [0.25, 0.3) is 0 Å². The average molecular weight is 320 g/mol. The van der Waals surface area contributed by atoms with Crippen LogP contribution in [0, 0.1) is 17.1 Å². The highest BCUT2D eigenvalue weighted by Crippen LogP contribution is 2.19. The third kappa shape index (κ3) is 3.27. The summed E-state index contributed by atoms with van der Waals surface area (Å²) in [5.41, 5.74) is -0.260. The van der Waals surface area contributed by atoms with Gasteiger partial charge in [-0.05, 0) is 25.1 Å². The summed E-state index contributed by atoms with van der Waals surface area (Å²) in [6, 6.07) is 5.00. The highest BCUT2D eigenvalue weighted by molar-refractivity contribution is 7.89. The average Bonchev–Trinajstić information content (AvgIpc) is 2.39. The fourth-order valence-electron chi connectivity index (χ4n) is 2.01. The normalized spacial score (nSPS) is 19.9. The third-order valence-electron chi connectivity index (χ3n) is 3.03. The second-order valence-corrected chi connectivity index (χ2v) is 6.41. The topological polar surface area (TPSA) is 73.2 Å². The van der Waals surface area contributed by atoms with Crippen LogP contribution in [0.1, 0.15) is 12.5 Å². The Morgan fingerprint density at radius 3 is 2.80 bits per heavy atom. The quantitative estimate of drug-likeness (QED) is 0.886. The van der Waals surface area contributed by atoms with E-state index in [1.165, 1.54) is 10.4 Å². The van der Waals surface area contributed by atoms with Crippen LogP contribution >= 0.6 is 12.4 Å². The Labute approximate surface area is 123 Å². The minimum Gasteiger partial charge on any atom is -0.312 e. The predicted molar refractivity (Wildman–Crippen MR) is 74.6 cm³/mol. The van der Waals surface area contributed by atoms with Crippen molar-refractivity contribution in [1.82, 2.24) is 9.62 Å². The molecule has 0 spiro atoms. The van der Waals surface area contributed by atoms with Crippen molar-refractivity contribution in [3.63, 3.8) is 0 Å². The molecule has 1 aromatic carbocycles. The smallest absolute Gasteiger partial charge is 0.243 e. The monoisotopic (exact) mass is 319 g/mol. The van der Waals surface area contributed by atoms with Crippen LogP contribution in [0.4, 0.5) is 4.39 Å². The first-order valence-electron chi connectivity index (χ1n) is 5.88. The summed E-state index contributed by atoms with van der Waals surface area (Å²) in [6.45, 7) is 3.20. The first kappa shape index (κ1) is 16.9. The molecule has 110 valence electrons. The van der Waals surface area contributed by atoms with E-state index in [0.717, 1.165) is 12.1 Å². The summed E-state index contributed by atoms with van der Waals surface area (Å²) in [6.07, 6.45) is 0. The van der Waals surface area contributed by atoms with Crippen molar-refractivity contribution in [1.29, 1.82) is 5.26 Å². The van der Waals surface area contributed by atoms with Crippen molar-refractivity contribution in [2.45, 2.75) is 17.9 Å². The zero-order valence-electron chi connectivity index (χ0n) is 10.8. The Kier molecular flexibility index (Phi) is 5.48. The van der Waals surface area contributed by atoms with Crippen molar-refractivity contribution in [2.75, 3.05) is 19.6 Å². The number of piperazine rings is 1. The summed E-state index contributed by atoms with van der Waals surface area (Å²) in [4.78, 5) is -0.0421. The highest BCUT2D eigenvalue weighted by atomic mass is 35.5. The van der Waals surface area contributed by atoms with Gasteiger partial charge in [-0.2, -0.15) is 9.57 Å². The number of hydrogen-bond acceptors (Lipinski definition) is 4. The van der Waals surface area contributed by atoms with E-state index in [2.05, 4.69) is 5.32 Å². The van der Waals surface area contributed by atoms with Gasteiger partial charge in [0.25, 0.3) is 0 Å². The maximum absolute atomic E-state index is 13.2. The number of halogens is 2. The Morgan fingerprint density at radius 2 is 2.20 bits per heavy atom. The molecule has 1 N–H and O–H groups in total. The van der Waals surface area contributed by atoms with Crippen molar-refractivity contribution in [3.05, 3.63) is 29.6 Å². The van der Waals surface area contributed by atoms with Gasteiger partial charge in [0.1, 0.15) is 11.9 Å². The molecule has 2 rings (SSSR count). The molecule has 5 nitrogen and oxygen atoms in total. The van der Waals surface area contributed by atoms with Crippen molar-refractivity contribution in [3.8, 4) is 6.07 Å². The van der Waals surface area contributed by atoms with Crippen LogP contribution in [-0.4, -0.2) is 38.4 Å². The second-order valence-electron chi connectivity index (χ2n) is 4.47. The van der Waals surface area contributed by atoms with E-state index in [1.807, 2.05) is 6.92 Å². The van der Waals surface area contributed by atoms with E-state index in [-0.39, 0.29) is 28.9 Å². The molecule has 20 heavy (non-hydrogen) atoms. The van der Waals surface area contributed by atoms with Crippen LogP contribution in [-0.2, 0) is 10.0 Å². The number of sulfonamides is 1. The molecule has 1 heterocycles. The molecule has 0 unspecified atom stereocenters. The first-order chi connectivity index (χ1) is 8.95. The maximum atomic E-state index is 13.2. The van der Waals surface area contributed by atoms with Gasteiger partial charge in [0.05, 0.1) is 10.5 Å². The number of nitrogens with zero attached hydrogens (tertiary/aromatic N) is 2. The van der Waals surface area contributed by atoms with Crippen LogP contribution in [0.15, 0.2) is 23.1 Å². The van der Waals surface area contributed by atoms with E-state index in [0.29, 0.717) is 19.6 Å². The van der Waals surface area contributed by atoms with Crippen molar-refractivity contribution in [2.24, 2.45) is 0 Å². The van der Waals surface area contributed by atoms with Gasteiger partial charge in [0, 0.05) is 25.7 Å². The Morgan fingerprint density at radius 1 is 1.50 bits per heavy atom. The van der Waals surface area contributed by atoms with E-state index in [1.54, 1.807) is 6.07 Å². The fraction of sp³-hybridized carbons (Fsp3) is 0.417. The van der Waals surface area contributed by atoms with E-state index in [4.69, 9.17) is 5.26 Å². The minimum absolute atomic E-state index is 0. The lowest BCUT2D eigenvalue weighted by atomic mass is 10.2. The van der Waals surface area contributed by atoms with Crippen LogP contribution < -0.4 is 5.32 Å². The molecular formula is C12H15ClFN3O2S. The molecule has 0 aromatic heterocycles. The second kappa shape index (κ2) is 6.50. The first-order valence-corrected chi connectivity index (χ1v) is 7.32. The molecular weight excluding hydrogens is 305 g/mol. The molecule has 0 amide bonds. The Hall–Kier alpha value is -1.20. The Balaban J connectivity index is 0.00000200. The molecule has 1 aromatic rings. The maximum Gasteiger partial charge on any atom is 0.243 e. The van der Waals surface area contributed by atoms with Crippen LogP contribution in [0.2, 0.25) is 0 Å². The van der Waals surface area contributed by atoms with Crippen LogP contribution in [0.5, 0.6) is 0 Å². The zero-order chi connectivity index (χ0) is 14.0. The van der Waals surface area contributed by atoms with Gasteiger partial charge in [-0.15, -0.1) is 12.4 Å². The summed E-state index contributed by atoms with van der Waals surface area (Å²) in [5.74, 6) is -0.713. The lowest BCUT2D eigenvalue weighted by molar-refractivity contribution is 0.310. The van der Waals surface area contributed by atoms with Crippen molar-refractivity contribution < 1.29 is 12.8 Å². The fourth-order valence-corrected chi connectivity index (χ4v) is 3.57. The van der Waals surface area contributed by atoms with Gasteiger partial charge in [-0.25, -0.2) is 12.8 Å². The molecule has 1 saturated heterocycles. The summed E-state index contributed by atoms with van der Waals surface area (Å²) in [5, 5.41) is 11.9. The predicted octanol–water partition coefficient (Wildman–Crippen LogP) is 1.10. The lowest BCUT2D eigenvalue weighted by Gasteiger charge is -2.31. The molecule has 8 heteroatoms. The molecule has 1 aliphatic rings. The minimum atomic E-state index is -3.67. The number of rotatable bonds is 2. The largest absolute Gasteiger partial charge is 0.312 e. The van der Waals surface area contributed by atoms with Crippen LogP contribution in [0.3, 0.4) is 0 Å². The summed E-state index contributed by atoms with van der Waals surface area (Å²) in [7, 11) is -3.67. The van der Waals surface area contributed by atoms with Gasteiger partial charge in [0.15, 0.2) is 0 Å². The van der Waals surface area contributed by atoms with Gasteiger partial charge >= 0.3 is 0 Å². The van der Waals surface area contributed by atoms with E-state index >= 15 is 0 Å². The molecule has 0 aliphatic carbocycles. The molecule has 1 atom stereocenters. The zero-order valence-corrected chi connectivity index (χ0v) is 12.5. The number of nitriles is 1. The van der Waals surface area contributed by atoms with E-state index < -0.39 is 15.8 Å². The van der Waals surface area contributed by atoms with Gasteiger partial charge in [0.2, 0.25) is 10.0 Å². The van der Waals surface area contributed by atoms with Crippen molar-refractivity contribution >= 4 is 22.4 Å². The molecule has 1 fully saturated rings. The van der Waals surface area contributed by atoms with Gasteiger partial charge in [-0.3, -0.25) is 0 Å². The SMILES string of the molecule is C[C@@H]1CN(S(=O)(=O)c2ccc(F)c(C#N)c2)CCN1.Cl. The molecule has 0 bridgehead atoms. The molecule has 1 aliphatic heterocycles. The number of nitrogens with one attached hydrogen (secondary N) is 1. The van der Waals surface area contributed by atoms with Gasteiger partial charge in [-0.1, -0.05) is 0 Å². The third-order valence-corrected chi connectivity index (χ3v) is 4.89. The Bertz CT molecular complexity index is 630. The molecule has 0 saturated carbocycles. The number of hydrogen-bond donors (Lipinski definition) is 1. The van der Waals surface area contributed by atoms with E-state index in [9.17, 15) is 12.8 Å². The highest BCUT2D eigenvalue weighted by Gasteiger charge is 2.28. The summed E-state index contributed by atoms with van der Waals surface area (Å²) < 4.78 is 39.3.